The van der Waals surface area contributed by atoms with Gasteiger partial charge in [-0.2, -0.15) is 0 Å². The van der Waals surface area contributed by atoms with Gasteiger partial charge < -0.3 is 11.1 Å². The number of rotatable bonds is 5. The number of hydrogen-bond acceptors (Lipinski definition) is 2. The van der Waals surface area contributed by atoms with E-state index >= 15 is 0 Å². The molecular weight excluding hydrogens is 280 g/mol. The molecule has 3 nitrogen and oxygen atoms in total. The molecule has 2 unspecified atom stereocenters. The van der Waals surface area contributed by atoms with Crippen molar-refractivity contribution in [3.8, 4) is 0 Å². The number of carbonyl (C=O) groups is 1. The Hall–Kier alpha value is -0.870. The summed E-state index contributed by atoms with van der Waals surface area (Å²) in [6.07, 6.45) is 1.51. The van der Waals surface area contributed by atoms with E-state index in [4.69, 9.17) is 5.73 Å². The first kappa shape index (κ1) is 14.2. The molecule has 94 valence electrons. The van der Waals surface area contributed by atoms with Gasteiger partial charge in [0.1, 0.15) is 0 Å². The molecule has 4 heteroatoms. The van der Waals surface area contributed by atoms with E-state index in [1.165, 1.54) is 0 Å². The molecule has 0 fully saturated rings. The lowest BCUT2D eigenvalue weighted by molar-refractivity contribution is -0.123. The largest absolute Gasteiger partial charge is 0.348 e. The minimum absolute atomic E-state index is 0.0354. The fraction of sp³-hybridized carbons (Fsp3) is 0.462. The van der Waals surface area contributed by atoms with Crippen molar-refractivity contribution < 1.29 is 4.79 Å². The molecule has 17 heavy (non-hydrogen) atoms. The average Bonchev–Trinajstić information content (AvgIpc) is 2.35. The van der Waals surface area contributed by atoms with Crippen LogP contribution in [0.3, 0.4) is 0 Å². The van der Waals surface area contributed by atoms with Gasteiger partial charge in [-0.3, -0.25) is 4.79 Å². The second kappa shape index (κ2) is 6.77. The number of halogens is 1. The van der Waals surface area contributed by atoms with Gasteiger partial charge in [-0.05, 0) is 30.5 Å². The number of nitrogens with one attached hydrogen (secondary N) is 1. The Balaban J connectivity index is 2.72. The van der Waals surface area contributed by atoms with E-state index in [9.17, 15) is 4.79 Å². The number of amides is 1. The topological polar surface area (TPSA) is 55.1 Å². The van der Waals surface area contributed by atoms with Crippen LogP contribution in [0.1, 0.15) is 38.3 Å². The van der Waals surface area contributed by atoms with Crippen LogP contribution in [0.4, 0.5) is 0 Å². The minimum Gasteiger partial charge on any atom is -0.348 e. The molecule has 0 aliphatic carbocycles. The molecule has 0 saturated heterocycles. The zero-order chi connectivity index (χ0) is 12.8. The van der Waals surface area contributed by atoms with Crippen LogP contribution in [0.25, 0.3) is 0 Å². The van der Waals surface area contributed by atoms with Crippen LogP contribution >= 0.6 is 15.9 Å². The predicted octanol–water partition coefficient (Wildman–Crippen LogP) is 2.75. The molecule has 0 saturated carbocycles. The molecule has 0 bridgehead atoms. The van der Waals surface area contributed by atoms with E-state index in [0.29, 0.717) is 6.42 Å². The predicted molar refractivity (Wildman–Crippen MR) is 73.6 cm³/mol. The molecule has 3 N–H and O–H groups in total. The summed E-state index contributed by atoms with van der Waals surface area (Å²) in [5.41, 5.74) is 6.81. The van der Waals surface area contributed by atoms with Crippen molar-refractivity contribution >= 4 is 21.8 Å². The van der Waals surface area contributed by atoms with Crippen LogP contribution in [-0.2, 0) is 4.79 Å². The Kier molecular flexibility index (Phi) is 5.65. The van der Waals surface area contributed by atoms with Crippen LogP contribution in [0.2, 0.25) is 0 Å². The summed E-state index contributed by atoms with van der Waals surface area (Å²) in [5, 5.41) is 2.97. The molecule has 0 heterocycles. The number of nitrogens with two attached hydrogens (primary N) is 1. The average molecular weight is 299 g/mol. The Bertz CT molecular complexity index is 364. The summed E-state index contributed by atoms with van der Waals surface area (Å²) in [4.78, 5) is 11.7. The van der Waals surface area contributed by atoms with E-state index in [2.05, 4.69) is 21.2 Å². The highest BCUT2D eigenvalue weighted by molar-refractivity contribution is 9.10. The maximum atomic E-state index is 11.7. The lowest BCUT2D eigenvalue weighted by Gasteiger charge is -2.19. The smallest absolute Gasteiger partial charge is 0.237 e. The Morgan fingerprint density at radius 2 is 1.88 bits per heavy atom. The first-order valence-electron chi connectivity index (χ1n) is 5.89. The van der Waals surface area contributed by atoms with Gasteiger partial charge in [-0.25, -0.2) is 0 Å². The second-order valence-corrected chi connectivity index (χ2v) is 4.95. The van der Waals surface area contributed by atoms with Crippen LogP contribution in [-0.4, -0.2) is 11.9 Å². The lowest BCUT2D eigenvalue weighted by atomic mass is 10.0. The highest BCUT2D eigenvalue weighted by Crippen LogP contribution is 2.19. The number of carbonyl (C=O) groups excluding carboxylic acids is 1. The molecule has 0 aliphatic heterocycles. The normalized spacial score (nSPS) is 14.1. The van der Waals surface area contributed by atoms with E-state index in [1.807, 2.05) is 38.1 Å². The number of hydrogen-bond donors (Lipinski definition) is 2. The van der Waals surface area contributed by atoms with Gasteiger partial charge in [0.05, 0.1) is 12.1 Å². The third-order valence-electron chi connectivity index (χ3n) is 2.77. The first-order valence-corrected chi connectivity index (χ1v) is 6.69. The van der Waals surface area contributed by atoms with Crippen LogP contribution in [0.5, 0.6) is 0 Å². The molecule has 0 spiro atoms. The van der Waals surface area contributed by atoms with E-state index in [0.717, 1.165) is 16.5 Å². The molecule has 0 aliphatic rings. The van der Waals surface area contributed by atoms with E-state index < -0.39 is 6.04 Å². The zero-order valence-electron chi connectivity index (χ0n) is 10.2. The molecule has 1 amide bonds. The molecule has 1 rings (SSSR count). The first-order chi connectivity index (χ1) is 8.08. The monoisotopic (exact) mass is 298 g/mol. The SMILES string of the molecule is CCC(N)C(=O)NC(CC)c1ccc(Br)cc1. The molecular formula is C13H19BrN2O. The van der Waals surface area contributed by atoms with Gasteiger partial charge in [0.2, 0.25) is 5.91 Å². The summed E-state index contributed by atoms with van der Waals surface area (Å²) in [6.45, 7) is 3.95. The van der Waals surface area contributed by atoms with Crippen LogP contribution in [0.15, 0.2) is 28.7 Å². The molecule has 0 radical (unpaired) electrons. The van der Waals surface area contributed by atoms with Gasteiger partial charge in [0.25, 0.3) is 0 Å². The summed E-state index contributed by atoms with van der Waals surface area (Å²) >= 11 is 3.39. The number of benzene rings is 1. The lowest BCUT2D eigenvalue weighted by Crippen LogP contribution is -2.41. The van der Waals surface area contributed by atoms with Gasteiger partial charge >= 0.3 is 0 Å². The minimum atomic E-state index is -0.417. The van der Waals surface area contributed by atoms with Gasteiger partial charge in [0.15, 0.2) is 0 Å². The van der Waals surface area contributed by atoms with E-state index in [1.54, 1.807) is 0 Å². The van der Waals surface area contributed by atoms with Crippen molar-refractivity contribution in [1.29, 1.82) is 0 Å². The van der Waals surface area contributed by atoms with Crippen molar-refractivity contribution in [3.05, 3.63) is 34.3 Å². The summed E-state index contributed by atoms with van der Waals surface area (Å²) in [5.74, 6) is -0.0812. The second-order valence-electron chi connectivity index (χ2n) is 4.04. The van der Waals surface area contributed by atoms with Crippen molar-refractivity contribution in [3.63, 3.8) is 0 Å². The quantitative estimate of drug-likeness (QED) is 0.878. The van der Waals surface area contributed by atoms with Crippen molar-refractivity contribution in [2.45, 2.75) is 38.8 Å². The van der Waals surface area contributed by atoms with E-state index in [-0.39, 0.29) is 11.9 Å². The molecule has 1 aromatic rings. The Morgan fingerprint density at radius 3 is 2.35 bits per heavy atom. The maximum absolute atomic E-state index is 11.7. The Labute approximate surface area is 111 Å². The van der Waals surface area contributed by atoms with Crippen molar-refractivity contribution in [1.82, 2.24) is 5.32 Å². The fourth-order valence-electron chi connectivity index (χ4n) is 1.58. The summed E-state index contributed by atoms with van der Waals surface area (Å²) in [7, 11) is 0. The Morgan fingerprint density at radius 1 is 1.29 bits per heavy atom. The van der Waals surface area contributed by atoms with Crippen LogP contribution < -0.4 is 11.1 Å². The third kappa shape index (κ3) is 4.13. The van der Waals surface area contributed by atoms with Gasteiger partial charge in [-0.1, -0.05) is 41.9 Å². The highest BCUT2D eigenvalue weighted by Gasteiger charge is 2.16. The zero-order valence-corrected chi connectivity index (χ0v) is 11.8. The standard InChI is InChI=1S/C13H19BrN2O/c1-3-11(15)13(17)16-12(4-2)9-5-7-10(14)8-6-9/h5-8,11-12H,3-4,15H2,1-2H3,(H,16,17). The maximum Gasteiger partial charge on any atom is 0.237 e. The third-order valence-corrected chi connectivity index (χ3v) is 3.30. The molecule has 2 atom stereocenters. The summed E-state index contributed by atoms with van der Waals surface area (Å²) in [6, 6.07) is 7.59. The molecule has 0 aromatic heterocycles. The van der Waals surface area contributed by atoms with Crippen molar-refractivity contribution in [2.24, 2.45) is 5.73 Å². The summed E-state index contributed by atoms with van der Waals surface area (Å²) < 4.78 is 1.03. The van der Waals surface area contributed by atoms with Gasteiger partial charge in [0, 0.05) is 4.47 Å². The fourth-order valence-corrected chi connectivity index (χ4v) is 1.84. The highest BCUT2D eigenvalue weighted by atomic mass is 79.9. The molecule has 1 aromatic carbocycles. The van der Waals surface area contributed by atoms with Gasteiger partial charge in [-0.15, -0.1) is 0 Å². The van der Waals surface area contributed by atoms with Crippen LogP contribution in [0, 0.1) is 0 Å². The van der Waals surface area contributed by atoms with Crippen molar-refractivity contribution in [2.75, 3.05) is 0 Å².